The largest absolute Gasteiger partial charge is 0.495 e. The molecule has 1 atom stereocenters. The molecule has 1 unspecified atom stereocenters. The minimum Gasteiger partial charge on any atom is -0.495 e. The summed E-state index contributed by atoms with van der Waals surface area (Å²) in [5.41, 5.74) is 0.517. The highest BCUT2D eigenvalue weighted by Gasteiger charge is 2.34. The number of nitrogens with zero attached hydrogens (tertiary/aromatic N) is 3. The number of carbonyl (C=O) groups is 2. The maximum atomic E-state index is 12.6. The van der Waals surface area contributed by atoms with Gasteiger partial charge in [-0.1, -0.05) is 34.7 Å². The molecule has 1 amide bonds. The summed E-state index contributed by atoms with van der Waals surface area (Å²) in [6.07, 6.45) is 1.99. The molecule has 26 heavy (non-hydrogen) atoms. The number of ketones is 1. The molecular formula is C17H18ClN3O3S2. The molecule has 9 heteroatoms. The van der Waals surface area contributed by atoms with Crippen molar-refractivity contribution in [3.05, 3.63) is 28.8 Å². The number of aromatic nitrogens is 2. The molecule has 0 N–H and O–H groups in total. The van der Waals surface area contributed by atoms with Crippen LogP contribution in [0.2, 0.25) is 5.02 Å². The number of hydrogen-bond donors (Lipinski definition) is 0. The van der Waals surface area contributed by atoms with Gasteiger partial charge in [-0.05, 0) is 38.0 Å². The predicted octanol–water partition coefficient (Wildman–Crippen LogP) is 4.08. The van der Waals surface area contributed by atoms with Crippen LogP contribution in [-0.4, -0.2) is 40.3 Å². The van der Waals surface area contributed by atoms with Crippen molar-refractivity contribution < 1.29 is 14.3 Å². The molecule has 0 bridgehead atoms. The maximum absolute atomic E-state index is 12.6. The topological polar surface area (TPSA) is 72.4 Å². The number of halogens is 1. The van der Waals surface area contributed by atoms with Crippen LogP contribution >= 0.6 is 34.7 Å². The Kier molecular flexibility index (Phi) is 5.84. The summed E-state index contributed by atoms with van der Waals surface area (Å²) in [6.45, 7) is 3.35. The Labute approximate surface area is 164 Å². The molecule has 2 aromatic rings. The van der Waals surface area contributed by atoms with E-state index >= 15 is 0 Å². The first-order chi connectivity index (χ1) is 12.4. The van der Waals surface area contributed by atoms with E-state index in [1.165, 1.54) is 37.1 Å². The number of rotatable bonds is 7. The fourth-order valence-electron chi connectivity index (χ4n) is 2.49. The van der Waals surface area contributed by atoms with Crippen LogP contribution in [0.3, 0.4) is 0 Å². The lowest BCUT2D eigenvalue weighted by atomic mass is 10.1. The zero-order chi connectivity index (χ0) is 18.8. The minimum absolute atomic E-state index is 0.0304. The van der Waals surface area contributed by atoms with Crippen LogP contribution in [0.15, 0.2) is 22.5 Å². The van der Waals surface area contributed by atoms with Gasteiger partial charge in [0.05, 0.1) is 17.4 Å². The van der Waals surface area contributed by atoms with Crippen molar-refractivity contribution >= 4 is 51.5 Å². The van der Waals surface area contributed by atoms with Gasteiger partial charge in [-0.2, -0.15) is 0 Å². The molecule has 1 saturated carbocycles. The number of thioether (sulfide) groups is 1. The molecule has 1 heterocycles. The molecule has 1 aromatic heterocycles. The second-order valence-electron chi connectivity index (χ2n) is 5.94. The van der Waals surface area contributed by atoms with Crippen molar-refractivity contribution in [2.45, 2.75) is 42.3 Å². The molecule has 0 radical (unpaired) electrons. The number of anilines is 1. The van der Waals surface area contributed by atoms with Crippen LogP contribution in [0.5, 0.6) is 5.75 Å². The summed E-state index contributed by atoms with van der Waals surface area (Å²) >= 11 is 8.76. The summed E-state index contributed by atoms with van der Waals surface area (Å²) in [5.74, 6) is 0.445. The van der Waals surface area contributed by atoms with Gasteiger partial charge < -0.3 is 4.74 Å². The van der Waals surface area contributed by atoms with E-state index in [4.69, 9.17) is 16.3 Å². The van der Waals surface area contributed by atoms with Crippen molar-refractivity contribution in [1.29, 1.82) is 0 Å². The molecule has 1 aliphatic rings. The van der Waals surface area contributed by atoms with Crippen LogP contribution in [0, 0.1) is 0 Å². The standard InChI is InChI=1S/C17H18ClN3O3S2/c1-9(15(23)11-4-7-14(24-3)13(18)8-11)25-17-20-19-16(26-17)21(10(2)22)12-5-6-12/h4,7-9,12H,5-6H2,1-3H3. The van der Waals surface area contributed by atoms with Crippen LogP contribution in [0.25, 0.3) is 0 Å². The fourth-order valence-corrected chi connectivity index (χ4v) is 4.92. The second-order valence-corrected chi connectivity index (χ2v) is 8.90. The van der Waals surface area contributed by atoms with Crippen LogP contribution in [0.1, 0.15) is 37.0 Å². The summed E-state index contributed by atoms with van der Waals surface area (Å²) in [5, 5.41) is 8.89. The Morgan fingerprint density at radius 3 is 2.69 bits per heavy atom. The monoisotopic (exact) mass is 411 g/mol. The Balaban J connectivity index is 1.69. The van der Waals surface area contributed by atoms with Gasteiger partial charge >= 0.3 is 0 Å². The quantitative estimate of drug-likeness (QED) is 0.388. The molecule has 3 rings (SSSR count). The Morgan fingerprint density at radius 2 is 2.12 bits per heavy atom. The number of carbonyl (C=O) groups excluding carboxylic acids is 2. The average Bonchev–Trinajstić information content (AvgIpc) is 3.33. The summed E-state index contributed by atoms with van der Waals surface area (Å²) in [6, 6.07) is 5.21. The third kappa shape index (κ3) is 4.19. The van der Waals surface area contributed by atoms with E-state index in [1.54, 1.807) is 23.1 Å². The summed E-state index contributed by atoms with van der Waals surface area (Å²) < 4.78 is 5.77. The Morgan fingerprint density at radius 1 is 1.38 bits per heavy atom. The highest BCUT2D eigenvalue weighted by atomic mass is 35.5. The number of hydrogen-bond acceptors (Lipinski definition) is 7. The van der Waals surface area contributed by atoms with Gasteiger partial charge in [0.2, 0.25) is 11.0 Å². The van der Waals surface area contributed by atoms with Crippen molar-refractivity contribution in [1.82, 2.24) is 10.2 Å². The third-order valence-electron chi connectivity index (χ3n) is 3.94. The molecule has 0 saturated heterocycles. The fraction of sp³-hybridized carbons (Fsp3) is 0.412. The van der Waals surface area contributed by atoms with Gasteiger partial charge in [0.15, 0.2) is 10.1 Å². The molecule has 1 aromatic carbocycles. The molecule has 1 fully saturated rings. The Hall–Kier alpha value is -1.64. The summed E-state index contributed by atoms with van der Waals surface area (Å²) in [7, 11) is 1.53. The third-order valence-corrected chi connectivity index (χ3v) is 6.34. The molecule has 6 nitrogen and oxygen atoms in total. The molecule has 1 aliphatic carbocycles. The first kappa shape index (κ1) is 19.1. The molecule has 0 aliphatic heterocycles. The smallest absolute Gasteiger partial charge is 0.225 e. The van der Waals surface area contributed by atoms with Crippen LogP contribution in [0.4, 0.5) is 5.13 Å². The minimum atomic E-state index is -0.355. The van der Waals surface area contributed by atoms with E-state index in [0.717, 1.165) is 12.8 Å². The number of benzene rings is 1. The lowest BCUT2D eigenvalue weighted by Crippen LogP contribution is -2.30. The molecule has 0 spiro atoms. The van der Waals surface area contributed by atoms with Gasteiger partial charge in [-0.25, -0.2) is 0 Å². The average molecular weight is 412 g/mol. The predicted molar refractivity (Wildman–Crippen MR) is 104 cm³/mol. The van der Waals surface area contributed by atoms with Crippen LogP contribution in [-0.2, 0) is 4.79 Å². The maximum Gasteiger partial charge on any atom is 0.225 e. The van der Waals surface area contributed by atoms with Gasteiger partial charge in [0.1, 0.15) is 5.75 Å². The van der Waals surface area contributed by atoms with E-state index < -0.39 is 0 Å². The van der Waals surface area contributed by atoms with E-state index in [-0.39, 0.29) is 23.0 Å². The lowest BCUT2D eigenvalue weighted by molar-refractivity contribution is -0.116. The van der Waals surface area contributed by atoms with Gasteiger partial charge in [-0.15, -0.1) is 10.2 Å². The molecule has 138 valence electrons. The van der Waals surface area contributed by atoms with Gasteiger partial charge in [0.25, 0.3) is 0 Å². The first-order valence-electron chi connectivity index (χ1n) is 8.08. The number of methoxy groups -OCH3 is 1. The zero-order valence-corrected chi connectivity index (χ0v) is 17.0. The van der Waals surface area contributed by atoms with Crippen molar-refractivity contribution in [3.63, 3.8) is 0 Å². The van der Waals surface area contributed by atoms with Crippen molar-refractivity contribution in [2.24, 2.45) is 0 Å². The second kappa shape index (κ2) is 7.94. The van der Waals surface area contributed by atoms with Gasteiger partial charge in [-0.3, -0.25) is 14.5 Å². The van der Waals surface area contributed by atoms with E-state index in [9.17, 15) is 9.59 Å². The SMILES string of the molecule is COc1ccc(C(=O)C(C)Sc2nnc(N(C(C)=O)C3CC3)s2)cc1Cl. The number of amides is 1. The summed E-state index contributed by atoms with van der Waals surface area (Å²) in [4.78, 5) is 26.1. The number of ether oxygens (including phenoxy) is 1. The van der Waals surface area contributed by atoms with Crippen molar-refractivity contribution in [3.8, 4) is 5.75 Å². The Bertz CT molecular complexity index is 838. The lowest BCUT2D eigenvalue weighted by Gasteiger charge is -2.15. The van der Waals surface area contributed by atoms with E-state index in [1.807, 2.05) is 6.92 Å². The van der Waals surface area contributed by atoms with E-state index in [0.29, 0.717) is 25.8 Å². The highest BCUT2D eigenvalue weighted by molar-refractivity contribution is 8.02. The van der Waals surface area contributed by atoms with Crippen LogP contribution < -0.4 is 9.64 Å². The highest BCUT2D eigenvalue weighted by Crippen LogP contribution is 2.37. The van der Waals surface area contributed by atoms with Gasteiger partial charge in [0, 0.05) is 18.5 Å². The van der Waals surface area contributed by atoms with E-state index in [2.05, 4.69) is 10.2 Å². The first-order valence-corrected chi connectivity index (χ1v) is 10.2. The molecular weight excluding hydrogens is 394 g/mol. The zero-order valence-electron chi connectivity index (χ0n) is 14.6. The number of Topliss-reactive ketones (excluding diaryl/α,β-unsaturated/α-hetero) is 1. The van der Waals surface area contributed by atoms with Crippen molar-refractivity contribution in [2.75, 3.05) is 12.0 Å². The normalized spacial score (nSPS) is 14.8.